The van der Waals surface area contributed by atoms with Gasteiger partial charge in [-0.15, -0.1) is 0 Å². The van der Waals surface area contributed by atoms with Gasteiger partial charge in [0.15, 0.2) is 0 Å². The van der Waals surface area contributed by atoms with Gasteiger partial charge in [-0.2, -0.15) is 0 Å². The first-order chi connectivity index (χ1) is 11.9. The van der Waals surface area contributed by atoms with E-state index in [2.05, 4.69) is 10.6 Å². The maximum atomic E-state index is 12.6. The van der Waals surface area contributed by atoms with E-state index in [-0.39, 0.29) is 6.54 Å². The van der Waals surface area contributed by atoms with Crippen molar-refractivity contribution in [2.24, 2.45) is 0 Å². The molecule has 9 heteroatoms. The van der Waals surface area contributed by atoms with E-state index >= 15 is 0 Å². The third kappa shape index (κ3) is 5.21. The maximum Gasteiger partial charge on any atom is 0.361 e. The van der Waals surface area contributed by atoms with Gasteiger partial charge in [-0.3, -0.25) is 4.57 Å². The number of benzene rings is 2. The summed E-state index contributed by atoms with van der Waals surface area (Å²) >= 11 is 11.8. The van der Waals surface area contributed by atoms with Gasteiger partial charge < -0.3 is 19.7 Å². The molecule has 2 aromatic rings. The molecule has 0 aromatic heterocycles. The van der Waals surface area contributed by atoms with Crippen molar-refractivity contribution in [3.05, 3.63) is 58.1 Å². The number of rotatable bonds is 6. The van der Waals surface area contributed by atoms with Crippen LogP contribution in [0.5, 0.6) is 0 Å². The molecule has 2 N–H and O–H groups in total. The molecule has 0 radical (unpaired) electrons. The molecular formula is C16H17Cl2N2O4P. The Bertz CT molecular complexity index is 788. The normalized spacial score (nSPS) is 11.2. The highest BCUT2D eigenvalue weighted by Gasteiger charge is 2.27. The number of nitrogens with one attached hydrogen (secondary N) is 2. The van der Waals surface area contributed by atoms with E-state index in [1.165, 1.54) is 14.2 Å². The number of hydrogen-bond donors (Lipinski definition) is 2. The third-order valence-electron chi connectivity index (χ3n) is 3.33. The van der Waals surface area contributed by atoms with Crippen LogP contribution in [0.4, 0.5) is 10.5 Å². The Balaban J connectivity index is 2.09. The topological polar surface area (TPSA) is 76.7 Å². The fourth-order valence-electron chi connectivity index (χ4n) is 2.18. The zero-order valence-corrected chi connectivity index (χ0v) is 16.0. The van der Waals surface area contributed by atoms with Crippen molar-refractivity contribution in [3.63, 3.8) is 0 Å². The van der Waals surface area contributed by atoms with Gasteiger partial charge in [-0.1, -0.05) is 41.4 Å². The minimum atomic E-state index is -3.42. The Kier molecular flexibility index (Phi) is 6.87. The zero-order chi connectivity index (χ0) is 18.4. The van der Waals surface area contributed by atoms with Crippen LogP contribution in [0.15, 0.2) is 42.5 Å². The number of urea groups is 1. The number of anilines is 1. The van der Waals surface area contributed by atoms with Gasteiger partial charge in [0, 0.05) is 36.5 Å². The third-order valence-corrected chi connectivity index (χ3v) is 5.75. The SMILES string of the molecule is COP(=O)(OC)c1ccccc1CNC(=O)Nc1cc(Cl)cc(Cl)c1. The molecule has 0 unspecified atom stereocenters. The lowest BCUT2D eigenvalue weighted by atomic mass is 10.2. The van der Waals surface area contributed by atoms with Crippen LogP contribution < -0.4 is 15.9 Å². The van der Waals surface area contributed by atoms with Crippen molar-refractivity contribution in [1.29, 1.82) is 0 Å². The van der Waals surface area contributed by atoms with Crippen LogP contribution in [-0.4, -0.2) is 20.3 Å². The molecular weight excluding hydrogens is 386 g/mol. The van der Waals surface area contributed by atoms with Gasteiger partial charge in [0.05, 0.1) is 5.30 Å². The number of amides is 2. The monoisotopic (exact) mass is 402 g/mol. The minimum absolute atomic E-state index is 0.132. The smallest absolute Gasteiger partial charge is 0.334 e. The molecule has 2 aromatic carbocycles. The number of halogens is 2. The van der Waals surface area contributed by atoms with Crippen LogP contribution in [0.1, 0.15) is 5.56 Å². The van der Waals surface area contributed by atoms with Crippen molar-refractivity contribution in [1.82, 2.24) is 5.32 Å². The van der Waals surface area contributed by atoms with Crippen molar-refractivity contribution < 1.29 is 18.4 Å². The fraction of sp³-hybridized carbons (Fsp3) is 0.188. The van der Waals surface area contributed by atoms with E-state index in [1.54, 1.807) is 42.5 Å². The number of carbonyl (C=O) groups is 1. The summed E-state index contributed by atoms with van der Waals surface area (Å²) in [5.74, 6) is 0. The first-order valence-electron chi connectivity index (χ1n) is 7.19. The molecule has 0 fully saturated rings. The average molecular weight is 403 g/mol. The molecule has 25 heavy (non-hydrogen) atoms. The Hall–Kier alpha value is -1.56. The molecule has 0 heterocycles. The summed E-state index contributed by atoms with van der Waals surface area (Å²) in [4.78, 5) is 12.1. The summed E-state index contributed by atoms with van der Waals surface area (Å²) in [6.45, 7) is 0.132. The van der Waals surface area contributed by atoms with Gasteiger partial charge in [-0.25, -0.2) is 4.79 Å². The molecule has 0 atom stereocenters. The zero-order valence-electron chi connectivity index (χ0n) is 13.6. The summed E-state index contributed by atoms with van der Waals surface area (Å²) in [7, 11) is -0.798. The van der Waals surface area contributed by atoms with Gasteiger partial charge in [0.25, 0.3) is 0 Å². The van der Waals surface area contributed by atoms with Crippen LogP contribution in [0.2, 0.25) is 10.0 Å². The highest BCUT2D eigenvalue weighted by atomic mass is 35.5. The Morgan fingerprint density at radius 2 is 1.68 bits per heavy atom. The predicted octanol–water partition coefficient (Wildman–Crippen LogP) is 4.43. The molecule has 0 saturated carbocycles. The summed E-state index contributed by atoms with van der Waals surface area (Å²) < 4.78 is 22.6. The first kappa shape index (κ1) is 19.8. The van der Waals surface area contributed by atoms with E-state index in [0.717, 1.165) is 0 Å². The van der Waals surface area contributed by atoms with Crippen molar-refractivity contribution >= 4 is 47.8 Å². The van der Waals surface area contributed by atoms with Crippen molar-refractivity contribution in [2.45, 2.75) is 6.54 Å². The quantitative estimate of drug-likeness (QED) is 0.700. The van der Waals surface area contributed by atoms with Gasteiger partial charge in [0.2, 0.25) is 0 Å². The Labute approximate surface area is 156 Å². The highest BCUT2D eigenvalue weighted by Crippen LogP contribution is 2.45. The van der Waals surface area contributed by atoms with E-state index in [0.29, 0.717) is 26.6 Å². The molecule has 0 saturated heterocycles. The lowest BCUT2D eigenvalue weighted by Crippen LogP contribution is -2.30. The Morgan fingerprint density at radius 1 is 1.08 bits per heavy atom. The molecule has 0 bridgehead atoms. The number of hydrogen-bond acceptors (Lipinski definition) is 4. The van der Waals surface area contributed by atoms with Crippen LogP contribution in [-0.2, 0) is 20.2 Å². The van der Waals surface area contributed by atoms with Crippen molar-refractivity contribution in [3.8, 4) is 0 Å². The highest BCUT2D eigenvalue weighted by molar-refractivity contribution is 7.62. The molecule has 0 spiro atoms. The summed E-state index contributed by atoms with van der Waals surface area (Å²) in [5.41, 5.74) is 1.08. The summed E-state index contributed by atoms with van der Waals surface area (Å²) in [6.07, 6.45) is 0. The molecule has 0 aliphatic rings. The predicted molar refractivity (Wildman–Crippen MR) is 100 cm³/mol. The van der Waals surface area contributed by atoms with Gasteiger partial charge in [-0.05, 0) is 29.8 Å². The van der Waals surface area contributed by atoms with Gasteiger partial charge in [0.1, 0.15) is 0 Å². The number of carbonyl (C=O) groups excluding carboxylic acids is 1. The fourth-order valence-corrected chi connectivity index (χ4v) is 4.02. The lowest BCUT2D eigenvalue weighted by Gasteiger charge is -2.17. The molecule has 0 aliphatic carbocycles. The minimum Gasteiger partial charge on any atom is -0.334 e. The van der Waals surface area contributed by atoms with E-state index in [4.69, 9.17) is 32.2 Å². The van der Waals surface area contributed by atoms with Crippen LogP contribution in [0.3, 0.4) is 0 Å². The molecule has 2 amide bonds. The van der Waals surface area contributed by atoms with E-state index in [9.17, 15) is 9.36 Å². The van der Waals surface area contributed by atoms with E-state index < -0.39 is 13.6 Å². The molecule has 134 valence electrons. The molecule has 0 aliphatic heterocycles. The molecule has 6 nitrogen and oxygen atoms in total. The molecule has 2 rings (SSSR count). The second kappa shape index (κ2) is 8.70. The van der Waals surface area contributed by atoms with E-state index in [1.807, 2.05) is 0 Å². The lowest BCUT2D eigenvalue weighted by molar-refractivity contribution is 0.251. The van der Waals surface area contributed by atoms with Crippen LogP contribution >= 0.6 is 30.8 Å². The van der Waals surface area contributed by atoms with Crippen molar-refractivity contribution in [2.75, 3.05) is 19.5 Å². The van der Waals surface area contributed by atoms with Crippen LogP contribution in [0, 0.1) is 0 Å². The first-order valence-corrected chi connectivity index (χ1v) is 9.49. The van der Waals surface area contributed by atoms with Crippen LogP contribution in [0.25, 0.3) is 0 Å². The Morgan fingerprint density at radius 3 is 2.28 bits per heavy atom. The summed E-state index contributed by atoms with van der Waals surface area (Å²) in [6, 6.07) is 11.1. The standard InChI is InChI=1S/C16H17Cl2N2O4P/c1-23-25(22,24-2)15-6-4-3-5-11(15)10-19-16(21)20-14-8-12(17)7-13(18)9-14/h3-9H,10H2,1-2H3,(H2,19,20,21). The average Bonchev–Trinajstić information content (AvgIpc) is 2.58. The second-order valence-electron chi connectivity index (χ2n) is 4.96. The second-order valence-corrected chi connectivity index (χ2v) is 8.04. The van der Waals surface area contributed by atoms with Gasteiger partial charge >= 0.3 is 13.6 Å². The maximum absolute atomic E-state index is 12.6. The summed E-state index contributed by atoms with van der Waals surface area (Å²) in [5, 5.41) is 6.53. The largest absolute Gasteiger partial charge is 0.361 e.